The molecule has 63 valence electrons. The molecule has 0 fully saturated rings. The van der Waals surface area contributed by atoms with E-state index in [2.05, 4.69) is 0 Å². The Morgan fingerprint density at radius 2 is 0.600 bits per heavy atom. The van der Waals surface area contributed by atoms with Crippen molar-refractivity contribution in [3.63, 3.8) is 0 Å². The minimum atomic E-state index is 0. The summed E-state index contributed by atoms with van der Waals surface area (Å²) in [5.41, 5.74) is 0. The third-order valence-electron chi connectivity index (χ3n) is 0. The van der Waals surface area contributed by atoms with Crippen molar-refractivity contribution in [2.24, 2.45) is 0 Å². The molecule has 0 spiro atoms. The van der Waals surface area contributed by atoms with Crippen molar-refractivity contribution in [3.8, 4) is 0 Å². The van der Waals surface area contributed by atoms with Crippen LogP contribution in [0.1, 0.15) is 7.43 Å². The monoisotopic (exact) mass is 203 g/mol. The van der Waals surface area contributed by atoms with E-state index in [9.17, 15) is 0 Å². The van der Waals surface area contributed by atoms with Gasteiger partial charge in [-0.05, 0) is 0 Å². The molecular formula is CH14Al3O6. The first-order chi connectivity index (χ1) is 1.00. The van der Waals surface area contributed by atoms with Crippen LogP contribution in [-0.2, 0) is 3.80 Å². The van der Waals surface area contributed by atoms with Crippen molar-refractivity contribution in [2.45, 2.75) is 7.43 Å². The summed E-state index contributed by atoms with van der Waals surface area (Å²) in [6, 6.07) is 0. The third-order valence-corrected chi connectivity index (χ3v) is 0. The summed E-state index contributed by atoms with van der Waals surface area (Å²) in [5.74, 6) is 0. The van der Waals surface area contributed by atoms with Gasteiger partial charge in [0.15, 0.2) is 0 Å². The van der Waals surface area contributed by atoms with Crippen LogP contribution in [0.15, 0.2) is 0 Å². The fourth-order valence-electron chi connectivity index (χ4n) is 0. The molecule has 0 heterocycles. The van der Waals surface area contributed by atoms with E-state index >= 15 is 0 Å². The second kappa shape index (κ2) is 602. The molecule has 0 aliphatic carbocycles. The van der Waals surface area contributed by atoms with E-state index in [4.69, 9.17) is 3.80 Å². The van der Waals surface area contributed by atoms with Gasteiger partial charge in [-0.1, -0.05) is 7.43 Å². The molecular weight excluding hydrogens is 189 g/mol. The maximum atomic E-state index is 8.17. The molecule has 10 heavy (non-hydrogen) atoms. The fraction of sp³-hybridized carbons (Fsp3) is 1.00. The summed E-state index contributed by atoms with van der Waals surface area (Å²) in [5, 5.41) is 0. The van der Waals surface area contributed by atoms with Gasteiger partial charge in [0, 0.05) is 34.7 Å². The van der Waals surface area contributed by atoms with Crippen LogP contribution in [0, 0.1) is 0 Å². The van der Waals surface area contributed by atoms with E-state index in [1.165, 1.54) is 16.2 Å². The molecule has 0 saturated carbocycles. The Morgan fingerprint density at radius 3 is 0.600 bits per heavy atom. The Balaban J connectivity index is -0.000000000179. The number of hydrogen-bond acceptors (Lipinski definition) is 1. The van der Waals surface area contributed by atoms with Gasteiger partial charge in [0.05, 0.1) is 0 Å². The fourth-order valence-corrected chi connectivity index (χ4v) is 0. The second-order valence-electron chi connectivity index (χ2n) is 0. The SMILES string of the molecule is C.O.O.O.O.O.[Al].[Al].[O]=[Al]. The molecule has 0 aromatic carbocycles. The van der Waals surface area contributed by atoms with Crippen LogP contribution in [0.4, 0.5) is 0 Å². The van der Waals surface area contributed by atoms with Crippen LogP contribution < -0.4 is 0 Å². The summed E-state index contributed by atoms with van der Waals surface area (Å²) < 4.78 is 8.17. The van der Waals surface area contributed by atoms with Crippen LogP contribution in [0.2, 0.25) is 0 Å². The predicted octanol–water partition coefficient (Wildman–Crippen LogP) is -4.75. The van der Waals surface area contributed by atoms with E-state index in [0.717, 1.165) is 0 Å². The molecule has 0 aliphatic heterocycles. The number of hydrogen-bond donors (Lipinski definition) is 0. The topological polar surface area (TPSA) is 175 Å². The van der Waals surface area contributed by atoms with Crippen molar-refractivity contribution in [3.05, 3.63) is 0 Å². The van der Waals surface area contributed by atoms with Crippen LogP contribution in [0.5, 0.6) is 0 Å². The van der Waals surface area contributed by atoms with Crippen molar-refractivity contribution >= 4 is 50.9 Å². The first-order valence-corrected chi connectivity index (χ1v) is 0.707. The molecule has 0 unspecified atom stereocenters. The van der Waals surface area contributed by atoms with Crippen molar-refractivity contribution in [1.82, 2.24) is 0 Å². The normalized spacial score (nSPS) is 0.300. The summed E-state index contributed by atoms with van der Waals surface area (Å²) >= 11 is 1.17. The van der Waals surface area contributed by atoms with E-state index in [1.807, 2.05) is 0 Å². The van der Waals surface area contributed by atoms with Gasteiger partial charge in [-0.25, -0.2) is 0 Å². The Morgan fingerprint density at radius 1 is 0.600 bits per heavy atom. The molecule has 0 rings (SSSR count). The molecule has 6 nitrogen and oxygen atoms in total. The molecule has 0 atom stereocenters. The van der Waals surface area contributed by atoms with Gasteiger partial charge in [-0.2, -0.15) is 0 Å². The van der Waals surface area contributed by atoms with Gasteiger partial charge in [0.2, 0.25) is 0 Å². The Labute approximate surface area is 89.4 Å². The summed E-state index contributed by atoms with van der Waals surface area (Å²) in [4.78, 5) is 0. The van der Waals surface area contributed by atoms with Crippen molar-refractivity contribution < 1.29 is 31.2 Å². The van der Waals surface area contributed by atoms with E-state index < -0.39 is 0 Å². The molecule has 0 aliphatic rings. The van der Waals surface area contributed by atoms with E-state index in [0.29, 0.717) is 0 Å². The van der Waals surface area contributed by atoms with Gasteiger partial charge < -0.3 is 27.4 Å². The Hall–Kier alpha value is 1.20. The quantitative estimate of drug-likeness (QED) is 0.353. The molecule has 0 aromatic heterocycles. The summed E-state index contributed by atoms with van der Waals surface area (Å²) in [7, 11) is 0. The molecule has 0 aromatic rings. The van der Waals surface area contributed by atoms with Gasteiger partial charge in [0.1, 0.15) is 0 Å². The predicted molar refractivity (Wildman–Crippen MR) is 42.7 cm³/mol. The number of rotatable bonds is 0. The first-order valence-electron chi connectivity index (χ1n) is 0.236. The first kappa shape index (κ1) is 241. The zero-order valence-electron chi connectivity index (χ0n) is 4.64. The Kier molecular flexibility index (Phi) is 14500. The second-order valence-corrected chi connectivity index (χ2v) is 0. The van der Waals surface area contributed by atoms with Crippen molar-refractivity contribution in [1.29, 1.82) is 0 Å². The van der Waals surface area contributed by atoms with E-state index in [-0.39, 0.29) is 69.5 Å². The zero-order valence-corrected chi connectivity index (χ0v) is 8.10. The molecule has 7 radical (unpaired) electrons. The van der Waals surface area contributed by atoms with Gasteiger partial charge in [-0.3, -0.25) is 0 Å². The van der Waals surface area contributed by atoms with Crippen LogP contribution in [0.25, 0.3) is 0 Å². The van der Waals surface area contributed by atoms with Crippen LogP contribution >= 0.6 is 0 Å². The van der Waals surface area contributed by atoms with Gasteiger partial charge in [-0.15, -0.1) is 0 Å². The Bertz CT molecular complexity index is 13.0. The molecule has 0 amide bonds. The zero-order chi connectivity index (χ0) is 2.00. The molecule has 9 heteroatoms. The average molecular weight is 203 g/mol. The third kappa shape index (κ3) is 431. The van der Waals surface area contributed by atoms with Gasteiger partial charge in [0.25, 0.3) is 0 Å². The van der Waals surface area contributed by atoms with E-state index in [1.54, 1.807) is 0 Å². The van der Waals surface area contributed by atoms with Gasteiger partial charge >= 0.3 is 20.0 Å². The maximum absolute atomic E-state index is 8.17. The summed E-state index contributed by atoms with van der Waals surface area (Å²) in [6.07, 6.45) is 0. The van der Waals surface area contributed by atoms with Crippen LogP contribution in [0.3, 0.4) is 0 Å². The van der Waals surface area contributed by atoms with Crippen molar-refractivity contribution in [2.75, 3.05) is 0 Å². The molecule has 0 saturated heterocycles. The molecule has 0 bridgehead atoms. The minimum absolute atomic E-state index is 0. The van der Waals surface area contributed by atoms with Crippen LogP contribution in [-0.4, -0.2) is 78.3 Å². The summed E-state index contributed by atoms with van der Waals surface area (Å²) in [6.45, 7) is 0. The standard InChI is InChI=1S/CH4.3Al.5H2O.O/h1H4;;;;5*1H2;. The average Bonchev–Trinajstić information content (AvgIpc) is 1.00. The molecule has 10 N–H and O–H groups in total.